The molecular formula is C26H23NO3S2. The van der Waals surface area contributed by atoms with Gasteiger partial charge in [0, 0.05) is 5.56 Å². The Morgan fingerprint density at radius 2 is 1.66 bits per heavy atom. The number of nitrogens with zero attached hydrogens (tertiary/aromatic N) is 1. The van der Waals surface area contributed by atoms with E-state index < -0.39 is 0 Å². The summed E-state index contributed by atoms with van der Waals surface area (Å²) in [5, 5.41) is 0. The lowest BCUT2D eigenvalue weighted by Crippen LogP contribution is -2.32. The molecule has 1 fully saturated rings. The van der Waals surface area contributed by atoms with E-state index in [2.05, 4.69) is 31.2 Å². The third-order valence-corrected chi connectivity index (χ3v) is 6.30. The number of ether oxygens (including phenoxy) is 2. The summed E-state index contributed by atoms with van der Waals surface area (Å²) in [7, 11) is 0. The monoisotopic (exact) mass is 461 g/mol. The molecule has 0 aliphatic carbocycles. The summed E-state index contributed by atoms with van der Waals surface area (Å²) >= 11 is 6.75. The molecule has 3 aromatic carbocycles. The summed E-state index contributed by atoms with van der Waals surface area (Å²) in [6, 6.07) is 25.5. The van der Waals surface area contributed by atoms with Crippen LogP contribution >= 0.6 is 24.0 Å². The molecule has 0 spiro atoms. The standard InChI is InChI=1S/C26H23NO3S2/c1-19-11-13-20(14-12-19)18-30-23-10-6-5-7-21(23)17-24-25(28)27(26(31)32-24)15-16-29-22-8-3-2-4-9-22/h2-14,17H,15-16,18H2,1H3/b24-17-. The van der Waals surface area contributed by atoms with Gasteiger partial charge in [-0.25, -0.2) is 0 Å². The fourth-order valence-electron chi connectivity index (χ4n) is 3.18. The lowest BCUT2D eigenvalue weighted by Gasteiger charge is -2.15. The first-order valence-corrected chi connectivity index (χ1v) is 11.5. The predicted molar refractivity (Wildman–Crippen MR) is 134 cm³/mol. The highest BCUT2D eigenvalue weighted by molar-refractivity contribution is 8.26. The molecule has 1 saturated heterocycles. The van der Waals surface area contributed by atoms with Crippen LogP contribution < -0.4 is 9.47 Å². The minimum absolute atomic E-state index is 0.106. The van der Waals surface area contributed by atoms with Crippen molar-refractivity contribution in [3.05, 3.63) is 100 Å². The summed E-state index contributed by atoms with van der Waals surface area (Å²) in [6.07, 6.45) is 1.85. The Morgan fingerprint density at radius 1 is 0.938 bits per heavy atom. The van der Waals surface area contributed by atoms with Gasteiger partial charge in [-0.1, -0.05) is 90.2 Å². The van der Waals surface area contributed by atoms with Gasteiger partial charge in [0.1, 0.15) is 29.0 Å². The molecule has 0 bridgehead atoms. The van der Waals surface area contributed by atoms with E-state index in [1.54, 1.807) is 4.90 Å². The number of aryl methyl sites for hydroxylation is 1. The van der Waals surface area contributed by atoms with Crippen LogP contribution in [0.1, 0.15) is 16.7 Å². The SMILES string of the molecule is Cc1ccc(COc2ccccc2/C=C2\SC(=S)N(CCOc3ccccc3)C2=O)cc1. The molecule has 0 aromatic heterocycles. The van der Waals surface area contributed by atoms with Crippen LogP contribution in [0.4, 0.5) is 0 Å². The molecule has 4 nitrogen and oxygen atoms in total. The normalized spacial score (nSPS) is 14.8. The second kappa shape index (κ2) is 10.5. The first-order chi connectivity index (χ1) is 15.6. The molecule has 6 heteroatoms. The maximum absolute atomic E-state index is 12.9. The molecule has 0 radical (unpaired) electrons. The zero-order valence-corrected chi connectivity index (χ0v) is 19.3. The number of rotatable bonds is 8. The maximum atomic E-state index is 12.9. The van der Waals surface area contributed by atoms with Crippen LogP contribution in [0.5, 0.6) is 11.5 Å². The van der Waals surface area contributed by atoms with E-state index in [4.69, 9.17) is 21.7 Å². The van der Waals surface area contributed by atoms with Crippen molar-refractivity contribution in [1.82, 2.24) is 4.90 Å². The second-order valence-corrected chi connectivity index (χ2v) is 8.98. The molecule has 1 aliphatic rings. The molecule has 0 N–H and O–H groups in total. The minimum Gasteiger partial charge on any atom is -0.492 e. The summed E-state index contributed by atoms with van der Waals surface area (Å²) in [4.78, 5) is 15.1. The summed E-state index contributed by atoms with van der Waals surface area (Å²) in [5.41, 5.74) is 3.15. The highest BCUT2D eigenvalue weighted by Gasteiger charge is 2.32. The number of thioether (sulfide) groups is 1. The lowest BCUT2D eigenvalue weighted by atomic mass is 10.1. The van der Waals surface area contributed by atoms with Gasteiger partial charge in [-0.3, -0.25) is 9.69 Å². The van der Waals surface area contributed by atoms with Crippen molar-refractivity contribution in [2.24, 2.45) is 0 Å². The molecule has 1 heterocycles. The van der Waals surface area contributed by atoms with Gasteiger partial charge < -0.3 is 9.47 Å². The van der Waals surface area contributed by atoms with E-state index in [1.165, 1.54) is 17.3 Å². The molecule has 32 heavy (non-hydrogen) atoms. The minimum atomic E-state index is -0.106. The van der Waals surface area contributed by atoms with Gasteiger partial charge >= 0.3 is 0 Å². The largest absolute Gasteiger partial charge is 0.492 e. The van der Waals surface area contributed by atoms with E-state index in [0.29, 0.717) is 29.0 Å². The van der Waals surface area contributed by atoms with Crippen molar-refractivity contribution in [1.29, 1.82) is 0 Å². The van der Waals surface area contributed by atoms with Gasteiger partial charge in [0.25, 0.3) is 5.91 Å². The first-order valence-electron chi connectivity index (χ1n) is 10.3. The van der Waals surface area contributed by atoms with Crippen LogP contribution in [-0.2, 0) is 11.4 Å². The summed E-state index contributed by atoms with van der Waals surface area (Å²) in [6.45, 7) is 3.30. The van der Waals surface area contributed by atoms with Crippen LogP contribution in [0.25, 0.3) is 6.08 Å². The number of para-hydroxylation sites is 2. The van der Waals surface area contributed by atoms with Crippen molar-refractivity contribution >= 4 is 40.3 Å². The van der Waals surface area contributed by atoms with Crippen molar-refractivity contribution in [2.45, 2.75) is 13.5 Å². The highest BCUT2D eigenvalue weighted by atomic mass is 32.2. The molecule has 3 aromatic rings. The van der Waals surface area contributed by atoms with Crippen LogP contribution in [0, 0.1) is 6.92 Å². The Hall–Kier alpha value is -3.09. The average Bonchev–Trinajstić information content (AvgIpc) is 3.07. The third-order valence-electron chi connectivity index (χ3n) is 4.92. The van der Waals surface area contributed by atoms with Gasteiger partial charge in [-0.05, 0) is 36.8 Å². The summed E-state index contributed by atoms with van der Waals surface area (Å²) < 4.78 is 12.3. The van der Waals surface area contributed by atoms with Crippen LogP contribution in [0.2, 0.25) is 0 Å². The van der Waals surface area contributed by atoms with Gasteiger partial charge in [-0.2, -0.15) is 0 Å². The lowest BCUT2D eigenvalue weighted by molar-refractivity contribution is -0.122. The number of carbonyl (C=O) groups is 1. The third kappa shape index (κ3) is 5.58. The Bertz CT molecular complexity index is 1130. The number of amides is 1. The Balaban J connectivity index is 1.41. The van der Waals surface area contributed by atoms with Gasteiger partial charge in [0.2, 0.25) is 0 Å². The summed E-state index contributed by atoms with van der Waals surface area (Å²) in [5.74, 6) is 1.39. The molecule has 0 atom stereocenters. The van der Waals surface area contributed by atoms with Gasteiger partial charge in [-0.15, -0.1) is 0 Å². The van der Waals surface area contributed by atoms with E-state index in [1.807, 2.05) is 60.7 Å². The van der Waals surface area contributed by atoms with Crippen molar-refractivity contribution in [3.8, 4) is 11.5 Å². The zero-order chi connectivity index (χ0) is 22.3. The second-order valence-electron chi connectivity index (χ2n) is 7.31. The molecule has 162 valence electrons. The van der Waals surface area contributed by atoms with E-state index >= 15 is 0 Å². The smallest absolute Gasteiger partial charge is 0.266 e. The molecule has 1 aliphatic heterocycles. The molecule has 1 amide bonds. The van der Waals surface area contributed by atoms with Gasteiger partial charge in [0.15, 0.2) is 0 Å². The van der Waals surface area contributed by atoms with Crippen molar-refractivity contribution < 1.29 is 14.3 Å². The average molecular weight is 462 g/mol. The van der Waals surface area contributed by atoms with Crippen LogP contribution in [-0.4, -0.2) is 28.3 Å². The zero-order valence-electron chi connectivity index (χ0n) is 17.7. The maximum Gasteiger partial charge on any atom is 0.266 e. The number of hydrogen-bond donors (Lipinski definition) is 0. The number of thiocarbonyl (C=S) groups is 1. The fourth-order valence-corrected chi connectivity index (χ4v) is 4.48. The van der Waals surface area contributed by atoms with Crippen LogP contribution in [0.15, 0.2) is 83.8 Å². The van der Waals surface area contributed by atoms with E-state index in [0.717, 1.165) is 22.6 Å². The van der Waals surface area contributed by atoms with Gasteiger partial charge in [0.05, 0.1) is 11.4 Å². The number of benzene rings is 3. The van der Waals surface area contributed by atoms with E-state index in [9.17, 15) is 4.79 Å². The topological polar surface area (TPSA) is 38.8 Å². The highest BCUT2D eigenvalue weighted by Crippen LogP contribution is 2.34. The quantitative estimate of drug-likeness (QED) is 0.311. The molecule has 4 rings (SSSR count). The first kappa shape index (κ1) is 22.1. The van der Waals surface area contributed by atoms with Crippen LogP contribution in [0.3, 0.4) is 0 Å². The number of hydrogen-bond acceptors (Lipinski definition) is 5. The molecule has 0 unspecified atom stereocenters. The van der Waals surface area contributed by atoms with Crippen molar-refractivity contribution in [2.75, 3.05) is 13.2 Å². The predicted octanol–water partition coefficient (Wildman–Crippen LogP) is 5.85. The number of carbonyl (C=O) groups excluding carboxylic acids is 1. The Morgan fingerprint density at radius 3 is 2.44 bits per heavy atom. The Labute approximate surface area is 197 Å². The fraction of sp³-hybridized carbons (Fsp3) is 0.154. The molecular weight excluding hydrogens is 438 g/mol. The van der Waals surface area contributed by atoms with E-state index in [-0.39, 0.29) is 5.91 Å². The Kier molecular flexibility index (Phi) is 7.24. The van der Waals surface area contributed by atoms with Crippen molar-refractivity contribution in [3.63, 3.8) is 0 Å². The molecule has 0 saturated carbocycles.